The second-order valence-corrected chi connectivity index (χ2v) is 5.50. The van der Waals surface area contributed by atoms with E-state index in [2.05, 4.69) is 4.98 Å². The summed E-state index contributed by atoms with van der Waals surface area (Å²) < 4.78 is 6.77. The molecule has 0 radical (unpaired) electrons. The molecular formula is C14H11N3O4S. The molecule has 3 aromatic rings. The summed E-state index contributed by atoms with van der Waals surface area (Å²) >= 11 is 1.40. The van der Waals surface area contributed by atoms with Crippen LogP contribution in [-0.2, 0) is 6.54 Å². The Hall–Kier alpha value is -2.74. The maximum Gasteiger partial charge on any atom is 0.334 e. The molecule has 22 heavy (non-hydrogen) atoms. The van der Waals surface area contributed by atoms with Gasteiger partial charge in [-0.3, -0.25) is 14.9 Å². The van der Waals surface area contributed by atoms with Crippen molar-refractivity contribution in [1.29, 1.82) is 0 Å². The van der Waals surface area contributed by atoms with Gasteiger partial charge in [0.2, 0.25) is 0 Å². The topological polar surface area (TPSA) is 91.2 Å². The van der Waals surface area contributed by atoms with Gasteiger partial charge in [-0.25, -0.2) is 4.98 Å². The lowest BCUT2D eigenvalue weighted by Gasteiger charge is -2.02. The molecule has 8 heteroatoms. The van der Waals surface area contributed by atoms with E-state index < -0.39 is 16.2 Å². The van der Waals surface area contributed by atoms with Crippen LogP contribution >= 0.6 is 11.3 Å². The first-order valence-corrected chi connectivity index (χ1v) is 7.27. The number of aromatic nitrogens is 2. The Balaban J connectivity index is 1.89. The molecule has 0 fully saturated rings. The number of pyridine rings is 1. The fraction of sp³-hybridized carbons (Fsp3) is 0.143. The van der Waals surface area contributed by atoms with Crippen LogP contribution in [0.1, 0.15) is 11.5 Å². The maximum atomic E-state index is 12.0. The van der Waals surface area contributed by atoms with Crippen LogP contribution < -0.4 is 5.56 Å². The van der Waals surface area contributed by atoms with Gasteiger partial charge >= 0.3 is 11.2 Å². The van der Waals surface area contributed by atoms with E-state index in [0.717, 1.165) is 5.76 Å². The predicted molar refractivity (Wildman–Crippen MR) is 81.0 cm³/mol. The summed E-state index contributed by atoms with van der Waals surface area (Å²) in [6.45, 7) is 2.03. The molecule has 0 saturated heterocycles. The van der Waals surface area contributed by atoms with Crippen molar-refractivity contribution in [3.8, 4) is 10.8 Å². The van der Waals surface area contributed by atoms with Gasteiger partial charge < -0.3 is 8.98 Å². The molecule has 112 valence electrons. The van der Waals surface area contributed by atoms with E-state index in [1.807, 2.05) is 19.1 Å². The standard InChI is InChI=1S/C14H11N3O4S/c1-9-4-5-12(21-9)13-15-10(8-22-13)7-16-6-2-3-11(14(16)18)17(19)20/h2-6,8H,7H2,1H3. The SMILES string of the molecule is Cc1ccc(-c2nc(Cn3cccc([N+](=O)[O-])c3=O)cs2)o1. The number of rotatable bonds is 4. The first kappa shape index (κ1) is 14.2. The van der Waals surface area contributed by atoms with Gasteiger partial charge in [-0.2, -0.15) is 0 Å². The average Bonchev–Trinajstić information content (AvgIpc) is 3.09. The van der Waals surface area contributed by atoms with E-state index in [-0.39, 0.29) is 6.54 Å². The summed E-state index contributed by atoms with van der Waals surface area (Å²) in [6, 6.07) is 6.35. The quantitative estimate of drug-likeness (QED) is 0.545. The Morgan fingerprint density at radius 1 is 1.41 bits per heavy atom. The molecule has 3 rings (SSSR count). The van der Waals surface area contributed by atoms with Gasteiger partial charge in [-0.15, -0.1) is 11.3 Å². The van der Waals surface area contributed by atoms with Gasteiger partial charge in [-0.1, -0.05) is 0 Å². The van der Waals surface area contributed by atoms with Crippen molar-refractivity contribution in [3.63, 3.8) is 0 Å². The molecule has 0 N–H and O–H groups in total. The van der Waals surface area contributed by atoms with E-state index in [4.69, 9.17) is 4.42 Å². The molecular weight excluding hydrogens is 306 g/mol. The van der Waals surface area contributed by atoms with Crippen molar-refractivity contribution in [2.24, 2.45) is 0 Å². The molecule has 0 aliphatic carbocycles. The minimum Gasteiger partial charge on any atom is -0.459 e. The zero-order chi connectivity index (χ0) is 15.7. The van der Waals surface area contributed by atoms with Crippen LogP contribution in [0.3, 0.4) is 0 Å². The molecule has 7 nitrogen and oxygen atoms in total. The van der Waals surface area contributed by atoms with Gasteiger partial charge in [0.05, 0.1) is 17.2 Å². The van der Waals surface area contributed by atoms with Crippen molar-refractivity contribution in [1.82, 2.24) is 9.55 Å². The third-order valence-electron chi connectivity index (χ3n) is 3.03. The Kier molecular flexibility index (Phi) is 3.60. The predicted octanol–water partition coefficient (Wildman–Crippen LogP) is 2.83. The average molecular weight is 317 g/mol. The van der Waals surface area contributed by atoms with Gasteiger partial charge in [0, 0.05) is 17.6 Å². The molecule has 0 bridgehead atoms. The molecule has 0 saturated carbocycles. The molecule has 3 heterocycles. The van der Waals surface area contributed by atoms with Crippen LogP contribution in [-0.4, -0.2) is 14.5 Å². The highest BCUT2D eigenvalue weighted by molar-refractivity contribution is 7.13. The zero-order valence-corrected chi connectivity index (χ0v) is 12.4. The van der Waals surface area contributed by atoms with Gasteiger partial charge in [0.1, 0.15) is 5.76 Å². The highest BCUT2D eigenvalue weighted by Crippen LogP contribution is 2.25. The summed E-state index contributed by atoms with van der Waals surface area (Å²) in [7, 11) is 0. The number of furan rings is 1. The summed E-state index contributed by atoms with van der Waals surface area (Å²) in [5, 5.41) is 13.3. The molecule has 0 aromatic carbocycles. The molecule has 3 aromatic heterocycles. The smallest absolute Gasteiger partial charge is 0.334 e. The molecule has 0 unspecified atom stereocenters. The minimum absolute atomic E-state index is 0.177. The lowest BCUT2D eigenvalue weighted by atomic mass is 10.4. The monoisotopic (exact) mass is 317 g/mol. The van der Waals surface area contributed by atoms with E-state index in [1.54, 1.807) is 5.38 Å². The fourth-order valence-corrected chi connectivity index (χ4v) is 2.78. The second kappa shape index (κ2) is 5.57. The summed E-state index contributed by atoms with van der Waals surface area (Å²) in [4.78, 5) is 26.5. The van der Waals surface area contributed by atoms with E-state index in [9.17, 15) is 14.9 Å². The second-order valence-electron chi connectivity index (χ2n) is 4.64. The number of nitro groups is 1. The lowest BCUT2D eigenvalue weighted by Crippen LogP contribution is -2.22. The molecule has 0 atom stereocenters. The first-order chi connectivity index (χ1) is 10.5. The van der Waals surface area contributed by atoms with Crippen molar-refractivity contribution >= 4 is 17.0 Å². The molecule has 0 aliphatic rings. The largest absolute Gasteiger partial charge is 0.459 e. The number of hydrogen-bond donors (Lipinski definition) is 0. The Bertz CT molecular complexity index is 893. The summed E-state index contributed by atoms with van der Waals surface area (Å²) in [5.41, 5.74) is -0.438. The van der Waals surface area contributed by atoms with E-state index in [1.165, 1.54) is 34.2 Å². The lowest BCUT2D eigenvalue weighted by molar-refractivity contribution is -0.386. The van der Waals surface area contributed by atoms with Crippen molar-refractivity contribution in [2.75, 3.05) is 0 Å². The van der Waals surface area contributed by atoms with Crippen LogP contribution in [0.25, 0.3) is 10.8 Å². The highest BCUT2D eigenvalue weighted by Gasteiger charge is 2.15. The molecule has 0 aliphatic heterocycles. The maximum absolute atomic E-state index is 12.0. The Morgan fingerprint density at radius 2 is 2.23 bits per heavy atom. The Labute approximate surface area is 128 Å². The van der Waals surface area contributed by atoms with E-state index >= 15 is 0 Å². The Morgan fingerprint density at radius 3 is 2.91 bits per heavy atom. The third kappa shape index (κ3) is 2.68. The van der Waals surface area contributed by atoms with Crippen LogP contribution in [0.4, 0.5) is 5.69 Å². The van der Waals surface area contributed by atoms with Crippen molar-refractivity contribution in [3.05, 3.63) is 67.8 Å². The molecule has 0 spiro atoms. The number of thiazole rings is 1. The van der Waals surface area contributed by atoms with Crippen LogP contribution in [0, 0.1) is 17.0 Å². The normalized spacial score (nSPS) is 10.8. The van der Waals surface area contributed by atoms with Crippen LogP contribution in [0.2, 0.25) is 0 Å². The van der Waals surface area contributed by atoms with Gasteiger partial charge in [0.25, 0.3) is 0 Å². The highest BCUT2D eigenvalue weighted by atomic mass is 32.1. The first-order valence-electron chi connectivity index (χ1n) is 6.39. The van der Waals surface area contributed by atoms with Crippen molar-refractivity contribution in [2.45, 2.75) is 13.5 Å². The number of aryl methyl sites for hydroxylation is 1. The zero-order valence-electron chi connectivity index (χ0n) is 11.6. The minimum atomic E-state index is -0.684. The van der Waals surface area contributed by atoms with Crippen LogP contribution in [0.15, 0.2) is 45.1 Å². The third-order valence-corrected chi connectivity index (χ3v) is 3.94. The van der Waals surface area contributed by atoms with Crippen LogP contribution in [0.5, 0.6) is 0 Å². The van der Waals surface area contributed by atoms with Gasteiger partial charge in [0.15, 0.2) is 10.8 Å². The number of hydrogen-bond acceptors (Lipinski definition) is 6. The van der Waals surface area contributed by atoms with Crippen molar-refractivity contribution < 1.29 is 9.34 Å². The van der Waals surface area contributed by atoms with E-state index in [0.29, 0.717) is 16.5 Å². The number of nitrogens with zero attached hydrogens (tertiary/aromatic N) is 3. The molecule has 0 amide bonds. The van der Waals surface area contributed by atoms with Gasteiger partial charge in [-0.05, 0) is 25.1 Å². The summed E-state index contributed by atoms with van der Waals surface area (Å²) in [5.74, 6) is 1.46. The summed E-state index contributed by atoms with van der Waals surface area (Å²) in [6.07, 6.45) is 1.51. The fourth-order valence-electron chi connectivity index (χ4n) is 2.00.